The normalized spacial score (nSPS) is 13.2. The molecule has 3 heteroatoms. The minimum absolute atomic E-state index is 0.00830. The van der Waals surface area contributed by atoms with E-state index in [2.05, 4.69) is 0 Å². The molecule has 0 aliphatic carbocycles. The van der Waals surface area contributed by atoms with Crippen molar-refractivity contribution in [2.24, 2.45) is 0 Å². The zero-order valence-electron chi connectivity index (χ0n) is 7.19. The van der Waals surface area contributed by atoms with E-state index in [1.807, 2.05) is 32.0 Å². The third-order valence-corrected chi connectivity index (χ3v) is 2.43. The third-order valence-electron chi connectivity index (χ3n) is 1.22. The molecule has 0 amide bonds. The van der Waals surface area contributed by atoms with E-state index in [1.165, 1.54) is 0 Å². The Labute approximate surface area is 75.2 Å². The quantitative estimate of drug-likeness (QED) is 0.719. The van der Waals surface area contributed by atoms with E-state index >= 15 is 0 Å². The van der Waals surface area contributed by atoms with Gasteiger partial charge in [0.25, 0.3) is 0 Å². The SMILES string of the molecule is CC(C)O[S@@](=O)c1ccccc1. The van der Waals surface area contributed by atoms with Gasteiger partial charge in [0.15, 0.2) is 11.1 Å². The van der Waals surface area contributed by atoms with E-state index in [4.69, 9.17) is 4.18 Å². The number of benzene rings is 1. The Bertz CT molecular complexity index is 256. The predicted octanol–water partition coefficient (Wildman–Crippen LogP) is 2.13. The van der Waals surface area contributed by atoms with Crippen LogP contribution in [-0.4, -0.2) is 10.3 Å². The Hall–Kier alpha value is -0.670. The maximum Gasteiger partial charge on any atom is 0.189 e. The van der Waals surface area contributed by atoms with Gasteiger partial charge in [-0.2, -0.15) is 0 Å². The summed E-state index contributed by atoms with van der Waals surface area (Å²) in [5, 5.41) is 0. The summed E-state index contributed by atoms with van der Waals surface area (Å²) in [5.74, 6) is 0. The molecule has 0 saturated heterocycles. The Balaban J connectivity index is 2.66. The van der Waals surface area contributed by atoms with Crippen LogP contribution in [0.15, 0.2) is 35.2 Å². The van der Waals surface area contributed by atoms with Crippen molar-refractivity contribution in [2.75, 3.05) is 0 Å². The van der Waals surface area contributed by atoms with Crippen LogP contribution in [0.1, 0.15) is 13.8 Å². The van der Waals surface area contributed by atoms with Gasteiger partial charge < -0.3 is 0 Å². The standard InChI is InChI=1S/C9H12O2S/c1-8(2)11-12(10)9-6-4-3-5-7-9/h3-8H,1-2H3/t12-/m1/s1. The lowest BCUT2D eigenvalue weighted by Crippen LogP contribution is -2.05. The number of hydrogen-bond donors (Lipinski definition) is 0. The first-order valence-corrected chi connectivity index (χ1v) is 4.91. The highest BCUT2D eigenvalue weighted by Gasteiger charge is 2.04. The summed E-state index contributed by atoms with van der Waals surface area (Å²) in [5.41, 5.74) is 0. The molecule has 66 valence electrons. The molecule has 0 unspecified atom stereocenters. The molecule has 12 heavy (non-hydrogen) atoms. The van der Waals surface area contributed by atoms with E-state index in [-0.39, 0.29) is 6.10 Å². The molecular weight excluding hydrogens is 172 g/mol. The van der Waals surface area contributed by atoms with Crippen molar-refractivity contribution in [3.05, 3.63) is 30.3 Å². The molecule has 0 spiro atoms. The second-order valence-corrected chi connectivity index (χ2v) is 3.83. The van der Waals surface area contributed by atoms with Gasteiger partial charge in [0.2, 0.25) is 0 Å². The van der Waals surface area contributed by atoms with Crippen LogP contribution in [0.3, 0.4) is 0 Å². The lowest BCUT2D eigenvalue weighted by atomic mass is 10.4. The third kappa shape index (κ3) is 2.75. The molecule has 1 aromatic carbocycles. The largest absolute Gasteiger partial charge is 0.284 e. The molecule has 0 N–H and O–H groups in total. The topological polar surface area (TPSA) is 26.3 Å². The second kappa shape index (κ2) is 4.38. The fourth-order valence-corrected chi connectivity index (χ4v) is 1.60. The van der Waals surface area contributed by atoms with Crippen LogP contribution in [0.5, 0.6) is 0 Å². The van der Waals surface area contributed by atoms with Crippen LogP contribution in [0.25, 0.3) is 0 Å². The predicted molar refractivity (Wildman–Crippen MR) is 49.1 cm³/mol. The van der Waals surface area contributed by atoms with Gasteiger partial charge in [0.1, 0.15) is 0 Å². The van der Waals surface area contributed by atoms with Crippen LogP contribution < -0.4 is 0 Å². The van der Waals surface area contributed by atoms with Crippen LogP contribution in [0.2, 0.25) is 0 Å². The number of rotatable bonds is 3. The summed E-state index contributed by atoms with van der Waals surface area (Å²) in [6, 6.07) is 9.15. The van der Waals surface area contributed by atoms with Crippen LogP contribution in [0, 0.1) is 0 Å². The first kappa shape index (κ1) is 9.42. The lowest BCUT2D eigenvalue weighted by Gasteiger charge is -2.05. The van der Waals surface area contributed by atoms with E-state index in [9.17, 15) is 4.21 Å². The van der Waals surface area contributed by atoms with Gasteiger partial charge in [-0.3, -0.25) is 4.18 Å². The summed E-state index contributed by atoms with van der Waals surface area (Å²) in [7, 11) is 0. The average molecular weight is 184 g/mol. The van der Waals surface area contributed by atoms with Gasteiger partial charge >= 0.3 is 0 Å². The second-order valence-electron chi connectivity index (χ2n) is 2.69. The first-order valence-electron chi connectivity index (χ1n) is 3.84. The van der Waals surface area contributed by atoms with Crippen molar-refractivity contribution in [2.45, 2.75) is 24.8 Å². The molecule has 0 radical (unpaired) electrons. The van der Waals surface area contributed by atoms with E-state index in [0.29, 0.717) is 4.90 Å². The summed E-state index contributed by atoms with van der Waals surface area (Å²) in [4.78, 5) is 0.714. The van der Waals surface area contributed by atoms with Crippen LogP contribution in [0.4, 0.5) is 0 Å². The van der Waals surface area contributed by atoms with Gasteiger partial charge in [-0.1, -0.05) is 18.2 Å². The smallest absolute Gasteiger partial charge is 0.189 e. The first-order chi connectivity index (χ1) is 5.70. The molecule has 0 fully saturated rings. The monoisotopic (exact) mass is 184 g/mol. The van der Waals surface area contributed by atoms with Crippen molar-refractivity contribution >= 4 is 11.1 Å². The molecule has 1 aromatic rings. The van der Waals surface area contributed by atoms with Crippen LogP contribution in [-0.2, 0) is 15.3 Å². The highest BCUT2D eigenvalue weighted by Crippen LogP contribution is 2.08. The highest BCUT2D eigenvalue weighted by atomic mass is 32.2. The summed E-state index contributed by atoms with van der Waals surface area (Å²) in [6.07, 6.45) is -0.00830. The van der Waals surface area contributed by atoms with Gasteiger partial charge in [0.05, 0.1) is 11.0 Å². The fraction of sp³-hybridized carbons (Fsp3) is 0.333. The minimum atomic E-state index is -1.31. The van der Waals surface area contributed by atoms with Gasteiger partial charge in [-0.25, -0.2) is 4.21 Å². The van der Waals surface area contributed by atoms with Gasteiger partial charge in [0, 0.05) is 0 Å². The van der Waals surface area contributed by atoms with Crippen molar-refractivity contribution in [1.29, 1.82) is 0 Å². The van der Waals surface area contributed by atoms with Crippen molar-refractivity contribution < 1.29 is 8.39 Å². The van der Waals surface area contributed by atoms with Crippen LogP contribution >= 0.6 is 0 Å². The summed E-state index contributed by atoms with van der Waals surface area (Å²) < 4.78 is 16.5. The molecule has 1 atom stereocenters. The molecule has 0 saturated carbocycles. The average Bonchev–Trinajstić information content (AvgIpc) is 2.05. The van der Waals surface area contributed by atoms with Gasteiger partial charge in [-0.05, 0) is 26.0 Å². The van der Waals surface area contributed by atoms with E-state index in [0.717, 1.165) is 0 Å². The molecule has 0 aromatic heterocycles. The Morgan fingerprint density at radius 3 is 2.33 bits per heavy atom. The maximum atomic E-state index is 11.3. The fourth-order valence-electron chi connectivity index (χ4n) is 0.762. The highest BCUT2D eigenvalue weighted by molar-refractivity contribution is 7.80. The van der Waals surface area contributed by atoms with Crippen molar-refractivity contribution in [1.82, 2.24) is 0 Å². The van der Waals surface area contributed by atoms with Crippen molar-refractivity contribution in [3.63, 3.8) is 0 Å². The zero-order valence-corrected chi connectivity index (χ0v) is 8.01. The molecule has 0 bridgehead atoms. The molecule has 1 rings (SSSR count). The molecular formula is C9H12O2S. The molecule has 0 heterocycles. The van der Waals surface area contributed by atoms with E-state index < -0.39 is 11.1 Å². The van der Waals surface area contributed by atoms with E-state index in [1.54, 1.807) is 12.1 Å². The maximum absolute atomic E-state index is 11.3. The Kier molecular flexibility index (Phi) is 3.44. The van der Waals surface area contributed by atoms with Crippen molar-refractivity contribution in [3.8, 4) is 0 Å². The zero-order chi connectivity index (χ0) is 8.97. The molecule has 0 aliphatic rings. The Morgan fingerprint density at radius 2 is 1.83 bits per heavy atom. The van der Waals surface area contributed by atoms with Gasteiger partial charge in [-0.15, -0.1) is 0 Å². The molecule has 2 nitrogen and oxygen atoms in total. The lowest BCUT2D eigenvalue weighted by molar-refractivity contribution is 0.270. The molecule has 0 aliphatic heterocycles. The summed E-state index contributed by atoms with van der Waals surface area (Å²) >= 11 is -1.31. The Morgan fingerprint density at radius 1 is 1.25 bits per heavy atom. The number of hydrogen-bond acceptors (Lipinski definition) is 2. The minimum Gasteiger partial charge on any atom is -0.284 e. The summed E-state index contributed by atoms with van der Waals surface area (Å²) in [6.45, 7) is 3.72.